The number of nitrogens with zero attached hydrogens (tertiary/aromatic N) is 2. The fourth-order valence-corrected chi connectivity index (χ4v) is 3.79. The lowest BCUT2D eigenvalue weighted by Crippen LogP contribution is -2.34. The number of hydrogen-bond acceptors (Lipinski definition) is 4. The summed E-state index contributed by atoms with van der Waals surface area (Å²) in [5.74, 6) is 0. The van der Waals surface area contributed by atoms with Crippen molar-refractivity contribution in [2.24, 2.45) is 0 Å². The van der Waals surface area contributed by atoms with E-state index in [0.29, 0.717) is 13.0 Å². The zero-order valence-electron chi connectivity index (χ0n) is 11.6. The van der Waals surface area contributed by atoms with Gasteiger partial charge in [0, 0.05) is 19.2 Å². The lowest BCUT2D eigenvalue weighted by atomic mass is 10.1. The van der Waals surface area contributed by atoms with Gasteiger partial charge >= 0.3 is 0 Å². The van der Waals surface area contributed by atoms with E-state index in [2.05, 4.69) is 9.71 Å². The van der Waals surface area contributed by atoms with E-state index in [-0.39, 0.29) is 5.03 Å². The molecule has 0 saturated carbocycles. The van der Waals surface area contributed by atoms with Crippen molar-refractivity contribution >= 4 is 10.0 Å². The van der Waals surface area contributed by atoms with E-state index in [9.17, 15) is 13.5 Å². The molecule has 2 atom stereocenters. The fraction of sp³-hybridized carbons (Fsp3) is 0.357. The van der Waals surface area contributed by atoms with Crippen molar-refractivity contribution in [2.45, 2.75) is 37.1 Å². The predicted octanol–water partition coefficient (Wildman–Crippen LogP) is 0.840. The quantitative estimate of drug-likeness (QED) is 0.876. The van der Waals surface area contributed by atoms with Crippen molar-refractivity contribution in [1.82, 2.24) is 14.3 Å². The first-order valence-corrected chi connectivity index (χ1v) is 8.29. The molecule has 1 aromatic carbocycles. The Kier molecular flexibility index (Phi) is 3.56. The van der Waals surface area contributed by atoms with Gasteiger partial charge in [0.2, 0.25) is 0 Å². The molecule has 0 aliphatic heterocycles. The summed E-state index contributed by atoms with van der Waals surface area (Å²) >= 11 is 0. The Labute approximate surface area is 123 Å². The molecule has 0 saturated heterocycles. The number of sulfonamides is 1. The second-order valence-electron chi connectivity index (χ2n) is 5.11. The number of aryl methyl sites for hydroxylation is 1. The second-order valence-corrected chi connectivity index (χ2v) is 6.77. The Bertz CT molecular complexity index is 754. The van der Waals surface area contributed by atoms with Crippen LogP contribution in [0.2, 0.25) is 0 Å². The third-order valence-corrected chi connectivity index (χ3v) is 5.06. The smallest absolute Gasteiger partial charge is 0.260 e. The molecule has 0 amide bonds. The van der Waals surface area contributed by atoms with Gasteiger partial charge in [0.25, 0.3) is 10.0 Å². The van der Waals surface area contributed by atoms with Gasteiger partial charge < -0.3 is 9.67 Å². The highest BCUT2D eigenvalue weighted by molar-refractivity contribution is 7.89. The van der Waals surface area contributed by atoms with Crippen molar-refractivity contribution in [3.05, 3.63) is 47.9 Å². The standard InChI is InChI=1S/C14H17N3O3S/c1-2-17-8-13(15-9-17)21(19,20)16-14-11-6-4-3-5-10(11)7-12(14)18/h3-6,8-9,12,14,16,18H,2,7H2,1H3/t12-,14+/m0/s1. The van der Waals surface area contributed by atoms with E-state index in [0.717, 1.165) is 11.1 Å². The van der Waals surface area contributed by atoms with Gasteiger partial charge in [-0.3, -0.25) is 0 Å². The molecule has 0 bridgehead atoms. The largest absolute Gasteiger partial charge is 0.391 e. The second kappa shape index (κ2) is 5.25. The van der Waals surface area contributed by atoms with Crippen LogP contribution in [0.25, 0.3) is 0 Å². The first kappa shape index (κ1) is 14.2. The number of aromatic nitrogens is 2. The summed E-state index contributed by atoms with van der Waals surface area (Å²) in [5.41, 5.74) is 1.79. The van der Waals surface area contributed by atoms with Gasteiger partial charge in [-0.05, 0) is 18.1 Å². The van der Waals surface area contributed by atoms with E-state index in [1.807, 2.05) is 31.2 Å². The molecule has 1 aliphatic carbocycles. The summed E-state index contributed by atoms with van der Waals surface area (Å²) < 4.78 is 29.0. The molecule has 0 radical (unpaired) electrons. The number of aliphatic hydroxyl groups excluding tert-OH is 1. The molecule has 3 rings (SSSR count). The first-order valence-electron chi connectivity index (χ1n) is 6.81. The van der Waals surface area contributed by atoms with E-state index >= 15 is 0 Å². The van der Waals surface area contributed by atoms with Crippen LogP contribution in [0.4, 0.5) is 0 Å². The van der Waals surface area contributed by atoms with Gasteiger partial charge in [0.05, 0.1) is 18.5 Å². The van der Waals surface area contributed by atoms with Gasteiger partial charge in [-0.2, -0.15) is 4.72 Å². The average Bonchev–Trinajstić information content (AvgIpc) is 3.05. The van der Waals surface area contributed by atoms with Crippen LogP contribution in [0.15, 0.2) is 41.8 Å². The molecule has 2 aromatic rings. The van der Waals surface area contributed by atoms with E-state index in [1.165, 1.54) is 12.5 Å². The Balaban J connectivity index is 1.89. The SMILES string of the molecule is CCn1cnc(S(=O)(=O)N[C@@H]2c3ccccc3C[C@@H]2O)c1. The zero-order valence-corrected chi connectivity index (χ0v) is 12.4. The van der Waals surface area contributed by atoms with Crippen molar-refractivity contribution in [3.63, 3.8) is 0 Å². The summed E-state index contributed by atoms with van der Waals surface area (Å²) in [6, 6.07) is 6.83. The fourth-order valence-electron chi connectivity index (χ4n) is 2.59. The molecule has 0 unspecified atom stereocenters. The number of rotatable bonds is 4. The molecule has 1 aliphatic rings. The summed E-state index contributed by atoms with van der Waals surface area (Å²) in [7, 11) is -3.75. The highest BCUT2D eigenvalue weighted by atomic mass is 32.2. The van der Waals surface area contributed by atoms with Gasteiger partial charge in [0.15, 0.2) is 5.03 Å². The molecular formula is C14H17N3O3S. The number of benzene rings is 1. The number of nitrogens with one attached hydrogen (secondary N) is 1. The van der Waals surface area contributed by atoms with Crippen molar-refractivity contribution in [3.8, 4) is 0 Å². The van der Waals surface area contributed by atoms with Crippen molar-refractivity contribution in [1.29, 1.82) is 0 Å². The van der Waals surface area contributed by atoms with Crippen molar-refractivity contribution < 1.29 is 13.5 Å². The van der Waals surface area contributed by atoms with Crippen LogP contribution in [0, 0.1) is 0 Å². The number of imidazole rings is 1. The maximum absolute atomic E-state index is 12.4. The average molecular weight is 307 g/mol. The molecule has 1 aromatic heterocycles. The Morgan fingerprint density at radius 3 is 2.90 bits per heavy atom. The maximum Gasteiger partial charge on any atom is 0.260 e. The molecule has 7 heteroatoms. The highest BCUT2D eigenvalue weighted by Crippen LogP contribution is 2.32. The van der Waals surface area contributed by atoms with Crippen LogP contribution in [0.5, 0.6) is 0 Å². The lowest BCUT2D eigenvalue weighted by molar-refractivity contribution is 0.151. The molecular weight excluding hydrogens is 290 g/mol. The topological polar surface area (TPSA) is 84.2 Å². The monoisotopic (exact) mass is 307 g/mol. The van der Waals surface area contributed by atoms with Crippen LogP contribution in [-0.2, 0) is 23.0 Å². The number of hydrogen-bond donors (Lipinski definition) is 2. The molecule has 0 spiro atoms. The van der Waals surface area contributed by atoms with E-state index in [4.69, 9.17) is 0 Å². The minimum absolute atomic E-state index is 0.0269. The lowest BCUT2D eigenvalue weighted by Gasteiger charge is -2.17. The number of fused-ring (bicyclic) bond motifs is 1. The Morgan fingerprint density at radius 1 is 1.43 bits per heavy atom. The molecule has 21 heavy (non-hydrogen) atoms. The molecule has 112 valence electrons. The summed E-state index contributed by atoms with van der Waals surface area (Å²) in [6.45, 7) is 2.56. The molecule has 1 heterocycles. The highest BCUT2D eigenvalue weighted by Gasteiger charge is 2.34. The van der Waals surface area contributed by atoms with Crippen molar-refractivity contribution in [2.75, 3.05) is 0 Å². The molecule has 2 N–H and O–H groups in total. The van der Waals surface area contributed by atoms with Crippen LogP contribution in [0.3, 0.4) is 0 Å². The Morgan fingerprint density at radius 2 is 2.19 bits per heavy atom. The third-order valence-electron chi connectivity index (χ3n) is 3.74. The predicted molar refractivity (Wildman–Crippen MR) is 77.1 cm³/mol. The van der Waals surface area contributed by atoms with E-state index < -0.39 is 22.2 Å². The minimum atomic E-state index is -3.75. The zero-order chi connectivity index (χ0) is 15.0. The summed E-state index contributed by atoms with van der Waals surface area (Å²) in [5, 5.41) is 10.1. The Hall–Kier alpha value is -1.70. The van der Waals surface area contributed by atoms with Crippen LogP contribution < -0.4 is 4.72 Å². The first-order chi connectivity index (χ1) is 10.0. The summed E-state index contributed by atoms with van der Waals surface area (Å²) in [4.78, 5) is 3.91. The van der Waals surface area contributed by atoms with Gasteiger partial charge in [-0.1, -0.05) is 24.3 Å². The maximum atomic E-state index is 12.4. The minimum Gasteiger partial charge on any atom is -0.391 e. The van der Waals surface area contributed by atoms with Crippen LogP contribution >= 0.6 is 0 Å². The van der Waals surface area contributed by atoms with Crippen LogP contribution in [-0.4, -0.2) is 29.2 Å². The van der Waals surface area contributed by atoms with E-state index in [1.54, 1.807) is 4.57 Å². The van der Waals surface area contributed by atoms with Gasteiger partial charge in [0.1, 0.15) is 0 Å². The summed E-state index contributed by atoms with van der Waals surface area (Å²) in [6.07, 6.45) is 2.65. The molecule has 6 nitrogen and oxygen atoms in total. The van der Waals surface area contributed by atoms with Gasteiger partial charge in [-0.25, -0.2) is 13.4 Å². The molecule has 0 fully saturated rings. The number of aliphatic hydroxyl groups is 1. The third kappa shape index (κ3) is 2.59. The van der Waals surface area contributed by atoms with Crippen LogP contribution in [0.1, 0.15) is 24.1 Å². The van der Waals surface area contributed by atoms with Gasteiger partial charge in [-0.15, -0.1) is 0 Å². The normalized spacial score (nSPS) is 21.4.